The molecular formula is C13H14BrN7O2. The normalized spacial score (nSPS) is 12.3. The number of nitrogen functional groups attached to an aromatic ring is 1. The molecule has 3 aromatic rings. The fourth-order valence-corrected chi connectivity index (χ4v) is 2.70. The van der Waals surface area contributed by atoms with Crippen LogP contribution in [-0.2, 0) is 7.05 Å². The third-order valence-electron chi connectivity index (χ3n) is 3.22. The van der Waals surface area contributed by atoms with Crippen molar-refractivity contribution >= 4 is 32.7 Å². The number of tetrazole rings is 1. The topological polar surface area (TPSA) is 114 Å². The van der Waals surface area contributed by atoms with Gasteiger partial charge in [-0.2, -0.15) is 4.80 Å². The molecule has 0 saturated heterocycles. The zero-order chi connectivity index (χ0) is 16.6. The Bertz CT molecular complexity index is 867. The van der Waals surface area contributed by atoms with Crippen molar-refractivity contribution in [1.82, 2.24) is 30.2 Å². The number of nitrogens with two attached hydrogens (primary N) is 1. The molecule has 3 rings (SSSR count). The van der Waals surface area contributed by atoms with Crippen LogP contribution in [0, 0.1) is 0 Å². The number of hydrogen-bond donors (Lipinski definition) is 1. The van der Waals surface area contributed by atoms with Crippen LogP contribution in [-0.4, -0.2) is 37.3 Å². The smallest absolute Gasteiger partial charge is 0.214 e. The largest absolute Gasteiger partial charge is 0.495 e. The molecule has 0 spiro atoms. The summed E-state index contributed by atoms with van der Waals surface area (Å²) in [4.78, 5) is 9.64. The lowest BCUT2D eigenvalue weighted by molar-refractivity contribution is 0.218. The van der Waals surface area contributed by atoms with Gasteiger partial charge in [0.25, 0.3) is 0 Å². The Kier molecular flexibility index (Phi) is 3.99. The first kappa shape index (κ1) is 15.4. The summed E-state index contributed by atoms with van der Waals surface area (Å²) in [6, 6.07) is 1.72. The monoisotopic (exact) mass is 379 g/mol. The maximum Gasteiger partial charge on any atom is 0.214 e. The quantitative estimate of drug-likeness (QED) is 0.727. The van der Waals surface area contributed by atoms with E-state index in [0.717, 1.165) is 0 Å². The zero-order valence-corrected chi connectivity index (χ0v) is 14.3. The number of aromatic nitrogens is 6. The van der Waals surface area contributed by atoms with Gasteiger partial charge in [0.05, 0.1) is 29.5 Å². The molecule has 0 radical (unpaired) electrons. The van der Waals surface area contributed by atoms with Crippen molar-refractivity contribution in [3.8, 4) is 11.5 Å². The first-order valence-electron chi connectivity index (χ1n) is 6.68. The number of benzene rings is 1. The van der Waals surface area contributed by atoms with E-state index in [1.54, 1.807) is 20.2 Å². The molecule has 120 valence electrons. The summed E-state index contributed by atoms with van der Waals surface area (Å²) < 4.78 is 12.0. The summed E-state index contributed by atoms with van der Waals surface area (Å²) >= 11 is 3.46. The number of rotatable bonds is 4. The van der Waals surface area contributed by atoms with Gasteiger partial charge in [-0.25, -0.2) is 9.97 Å². The van der Waals surface area contributed by atoms with E-state index in [1.807, 2.05) is 6.92 Å². The molecule has 9 nitrogen and oxygen atoms in total. The van der Waals surface area contributed by atoms with Crippen molar-refractivity contribution in [1.29, 1.82) is 0 Å². The van der Waals surface area contributed by atoms with E-state index in [1.165, 1.54) is 11.1 Å². The Morgan fingerprint density at radius 2 is 2.09 bits per heavy atom. The van der Waals surface area contributed by atoms with E-state index >= 15 is 0 Å². The Hall–Kier alpha value is -2.49. The molecular weight excluding hydrogens is 366 g/mol. The van der Waals surface area contributed by atoms with E-state index in [0.29, 0.717) is 38.5 Å². The third-order valence-corrected chi connectivity index (χ3v) is 3.99. The van der Waals surface area contributed by atoms with Crippen molar-refractivity contribution in [2.24, 2.45) is 7.05 Å². The fourth-order valence-electron chi connectivity index (χ4n) is 2.13. The number of anilines is 1. The van der Waals surface area contributed by atoms with E-state index in [-0.39, 0.29) is 0 Å². The number of halogens is 1. The van der Waals surface area contributed by atoms with E-state index in [9.17, 15) is 0 Å². The summed E-state index contributed by atoms with van der Waals surface area (Å²) in [5.41, 5.74) is 6.60. The van der Waals surface area contributed by atoms with Gasteiger partial charge in [0.15, 0.2) is 6.10 Å². The molecule has 0 aliphatic rings. The summed E-state index contributed by atoms with van der Waals surface area (Å²) in [6.07, 6.45) is 0.955. The van der Waals surface area contributed by atoms with Gasteiger partial charge in [0, 0.05) is 6.07 Å². The van der Waals surface area contributed by atoms with E-state index in [4.69, 9.17) is 15.2 Å². The van der Waals surface area contributed by atoms with Crippen molar-refractivity contribution < 1.29 is 9.47 Å². The van der Waals surface area contributed by atoms with Gasteiger partial charge < -0.3 is 15.2 Å². The van der Waals surface area contributed by atoms with Crippen LogP contribution in [0.1, 0.15) is 18.9 Å². The van der Waals surface area contributed by atoms with E-state index in [2.05, 4.69) is 41.3 Å². The van der Waals surface area contributed by atoms with Crippen LogP contribution in [0.15, 0.2) is 16.9 Å². The second kappa shape index (κ2) is 5.95. The molecule has 0 aliphatic heterocycles. The van der Waals surface area contributed by atoms with Crippen molar-refractivity contribution in [3.63, 3.8) is 0 Å². The Morgan fingerprint density at radius 3 is 2.74 bits per heavy atom. The lowest BCUT2D eigenvalue weighted by Gasteiger charge is -2.16. The molecule has 2 aromatic heterocycles. The molecule has 0 aliphatic carbocycles. The highest BCUT2D eigenvalue weighted by atomic mass is 79.9. The molecule has 1 atom stereocenters. The lowest BCUT2D eigenvalue weighted by atomic mass is 10.2. The number of aryl methyl sites for hydroxylation is 1. The van der Waals surface area contributed by atoms with Crippen LogP contribution >= 0.6 is 15.9 Å². The maximum atomic E-state index is 6.00. The lowest BCUT2D eigenvalue weighted by Crippen LogP contribution is -2.08. The summed E-state index contributed by atoms with van der Waals surface area (Å²) in [6.45, 7) is 1.82. The molecule has 10 heteroatoms. The first-order chi connectivity index (χ1) is 11.0. The Balaban J connectivity index is 2.11. The number of fused-ring (bicyclic) bond motifs is 1. The van der Waals surface area contributed by atoms with Gasteiger partial charge in [-0.15, -0.1) is 10.2 Å². The average molecular weight is 380 g/mol. The SMILES string of the molecule is COc1cc(O[C@H](C)c2nnn(C)n2)c2c(N)ncnc2c1Br. The van der Waals surface area contributed by atoms with Crippen LogP contribution in [0.2, 0.25) is 0 Å². The van der Waals surface area contributed by atoms with Crippen LogP contribution in [0.5, 0.6) is 11.5 Å². The molecule has 0 bridgehead atoms. The highest BCUT2D eigenvalue weighted by Crippen LogP contribution is 2.41. The van der Waals surface area contributed by atoms with Gasteiger partial charge in [-0.3, -0.25) is 0 Å². The van der Waals surface area contributed by atoms with Crippen LogP contribution in [0.3, 0.4) is 0 Å². The number of hydrogen-bond acceptors (Lipinski definition) is 8. The Labute approximate surface area is 139 Å². The molecule has 1 aromatic carbocycles. The van der Waals surface area contributed by atoms with Crippen molar-refractivity contribution in [3.05, 3.63) is 22.7 Å². The molecule has 2 heterocycles. The van der Waals surface area contributed by atoms with Crippen LogP contribution in [0.25, 0.3) is 10.9 Å². The van der Waals surface area contributed by atoms with Crippen LogP contribution < -0.4 is 15.2 Å². The Morgan fingerprint density at radius 1 is 1.30 bits per heavy atom. The minimum atomic E-state index is -0.433. The predicted octanol–water partition coefficient (Wildman–Crippen LogP) is 1.65. The summed E-state index contributed by atoms with van der Waals surface area (Å²) in [5.74, 6) is 1.83. The highest BCUT2D eigenvalue weighted by Gasteiger charge is 2.20. The molecule has 0 amide bonds. The molecule has 0 saturated carbocycles. The molecule has 0 unspecified atom stereocenters. The van der Waals surface area contributed by atoms with E-state index < -0.39 is 6.10 Å². The van der Waals surface area contributed by atoms with Gasteiger partial charge in [0.2, 0.25) is 5.82 Å². The van der Waals surface area contributed by atoms with Gasteiger partial charge in [-0.05, 0) is 28.1 Å². The standard InChI is InChI=1S/C13H14BrN7O2/c1-6(13-18-20-21(2)19-13)23-7-4-8(22-3)10(14)11-9(7)12(15)17-5-16-11/h4-6H,1-3H3,(H2,15,16,17)/t6-/m1/s1. The van der Waals surface area contributed by atoms with Crippen LogP contribution in [0.4, 0.5) is 5.82 Å². The van der Waals surface area contributed by atoms with Gasteiger partial charge >= 0.3 is 0 Å². The van der Waals surface area contributed by atoms with Crippen molar-refractivity contribution in [2.45, 2.75) is 13.0 Å². The molecule has 2 N–H and O–H groups in total. The average Bonchev–Trinajstić information content (AvgIpc) is 2.96. The third kappa shape index (κ3) is 2.77. The summed E-state index contributed by atoms with van der Waals surface area (Å²) in [5, 5.41) is 12.5. The second-order valence-electron chi connectivity index (χ2n) is 4.77. The van der Waals surface area contributed by atoms with Gasteiger partial charge in [-0.1, -0.05) is 0 Å². The number of methoxy groups -OCH3 is 1. The minimum Gasteiger partial charge on any atom is -0.495 e. The first-order valence-corrected chi connectivity index (χ1v) is 7.47. The minimum absolute atomic E-state index is 0.313. The van der Waals surface area contributed by atoms with Gasteiger partial charge in [0.1, 0.15) is 23.6 Å². The fraction of sp³-hybridized carbons (Fsp3) is 0.308. The maximum absolute atomic E-state index is 6.00. The summed E-state index contributed by atoms with van der Waals surface area (Å²) in [7, 11) is 3.25. The second-order valence-corrected chi connectivity index (χ2v) is 5.56. The predicted molar refractivity (Wildman–Crippen MR) is 86.0 cm³/mol. The number of nitrogens with zero attached hydrogens (tertiary/aromatic N) is 6. The number of ether oxygens (including phenoxy) is 2. The molecule has 0 fully saturated rings. The zero-order valence-electron chi connectivity index (χ0n) is 12.7. The highest BCUT2D eigenvalue weighted by molar-refractivity contribution is 9.10. The molecule has 23 heavy (non-hydrogen) atoms. The van der Waals surface area contributed by atoms with Crippen molar-refractivity contribution in [2.75, 3.05) is 12.8 Å².